The molecule has 72 valence electrons. The molecule has 0 aromatic carbocycles. The Labute approximate surface area is 76.2 Å². The SMILES string of the molecule is CNc1ncnc(NCCO)c1N. The predicted molar refractivity (Wildman–Crippen MR) is 51.6 cm³/mol. The van der Waals surface area contributed by atoms with Crippen molar-refractivity contribution in [2.75, 3.05) is 36.6 Å². The van der Waals surface area contributed by atoms with Crippen molar-refractivity contribution in [3.63, 3.8) is 0 Å². The lowest BCUT2D eigenvalue weighted by Gasteiger charge is -2.09. The van der Waals surface area contributed by atoms with Crippen molar-refractivity contribution in [2.45, 2.75) is 0 Å². The molecule has 1 rings (SSSR count). The van der Waals surface area contributed by atoms with E-state index in [0.29, 0.717) is 23.9 Å². The molecule has 0 aliphatic rings. The van der Waals surface area contributed by atoms with Crippen LogP contribution >= 0.6 is 0 Å². The van der Waals surface area contributed by atoms with Gasteiger partial charge in [0.1, 0.15) is 12.0 Å². The number of aliphatic hydroxyl groups excluding tert-OH is 1. The van der Waals surface area contributed by atoms with Gasteiger partial charge in [-0.3, -0.25) is 0 Å². The average Bonchev–Trinajstić information content (AvgIpc) is 2.16. The third-order valence-corrected chi connectivity index (χ3v) is 1.52. The fourth-order valence-corrected chi connectivity index (χ4v) is 0.910. The Bertz CT molecular complexity index is 278. The Morgan fingerprint density at radius 2 is 2.15 bits per heavy atom. The van der Waals surface area contributed by atoms with E-state index in [0.717, 1.165) is 0 Å². The van der Waals surface area contributed by atoms with Crippen LogP contribution < -0.4 is 16.4 Å². The van der Waals surface area contributed by atoms with E-state index < -0.39 is 0 Å². The van der Waals surface area contributed by atoms with Crippen LogP contribution in [0.25, 0.3) is 0 Å². The minimum atomic E-state index is 0.0400. The van der Waals surface area contributed by atoms with E-state index in [2.05, 4.69) is 20.6 Å². The molecule has 13 heavy (non-hydrogen) atoms. The van der Waals surface area contributed by atoms with Gasteiger partial charge in [0, 0.05) is 13.6 Å². The average molecular weight is 183 g/mol. The Kier molecular flexibility index (Phi) is 3.27. The molecule has 6 nitrogen and oxygen atoms in total. The first-order valence-electron chi connectivity index (χ1n) is 3.92. The molecule has 0 unspecified atom stereocenters. The molecule has 0 bridgehead atoms. The van der Waals surface area contributed by atoms with Crippen LogP contribution in [0.4, 0.5) is 17.3 Å². The molecule has 1 aromatic rings. The Hall–Kier alpha value is -1.56. The zero-order chi connectivity index (χ0) is 9.68. The van der Waals surface area contributed by atoms with E-state index in [1.54, 1.807) is 7.05 Å². The Morgan fingerprint density at radius 1 is 1.46 bits per heavy atom. The highest BCUT2D eigenvalue weighted by Crippen LogP contribution is 2.20. The number of nitrogen functional groups attached to an aromatic ring is 1. The van der Waals surface area contributed by atoms with E-state index in [1.165, 1.54) is 6.33 Å². The number of aliphatic hydroxyl groups is 1. The van der Waals surface area contributed by atoms with Crippen LogP contribution in [-0.4, -0.2) is 35.3 Å². The van der Waals surface area contributed by atoms with Crippen molar-refractivity contribution in [1.29, 1.82) is 0 Å². The van der Waals surface area contributed by atoms with Crippen LogP contribution in [0.3, 0.4) is 0 Å². The summed E-state index contributed by atoms with van der Waals surface area (Å²) in [5.41, 5.74) is 6.16. The molecular weight excluding hydrogens is 170 g/mol. The molecule has 1 heterocycles. The lowest BCUT2D eigenvalue weighted by atomic mass is 10.4. The molecule has 0 saturated heterocycles. The van der Waals surface area contributed by atoms with Crippen molar-refractivity contribution >= 4 is 17.3 Å². The molecule has 5 N–H and O–H groups in total. The smallest absolute Gasteiger partial charge is 0.154 e. The molecule has 0 amide bonds. The summed E-state index contributed by atoms with van der Waals surface area (Å²) in [7, 11) is 1.73. The van der Waals surface area contributed by atoms with E-state index in [-0.39, 0.29) is 6.61 Å². The monoisotopic (exact) mass is 183 g/mol. The largest absolute Gasteiger partial charge is 0.395 e. The number of nitrogens with zero attached hydrogens (tertiary/aromatic N) is 2. The molecule has 0 atom stereocenters. The Morgan fingerprint density at radius 3 is 2.77 bits per heavy atom. The minimum Gasteiger partial charge on any atom is -0.395 e. The maximum atomic E-state index is 8.58. The fourth-order valence-electron chi connectivity index (χ4n) is 0.910. The standard InChI is InChI=1S/C7H13N5O/c1-9-6-5(8)7(10-2-3-13)12-4-11-6/h4,13H,2-3,8H2,1H3,(H2,9,10,11,12). The van der Waals surface area contributed by atoms with Gasteiger partial charge in [-0.2, -0.15) is 0 Å². The first kappa shape index (κ1) is 9.53. The van der Waals surface area contributed by atoms with E-state index in [1.807, 2.05) is 0 Å². The number of rotatable bonds is 4. The first-order chi connectivity index (χ1) is 6.29. The molecule has 0 aliphatic heterocycles. The Balaban J connectivity index is 2.81. The summed E-state index contributed by atoms with van der Waals surface area (Å²) in [6.45, 7) is 0.461. The van der Waals surface area contributed by atoms with Gasteiger partial charge in [-0.1, -0.05) is 0 Å². The summed E-state index contributed by atoms with van der Waals surface area (Å²) in [5.74, 6) is 1.11. The number of hydrogen-bond acceptors (Lipinski definition) is 6. The van der Waals surface area contributed by atoms with E-state index >= 15 is 0 Å². The third-order valence-electron chi connectivity index (χ3n) is 1.52. The summed E-state index contributed by atoms with van der Waals surface area (Å²) < 4.78 is 0. The molecule has 1 aromatic heterocycles. The van der Waals surface area contributed by atoms with Crippen LogP contribution in [0.1, 0.15) is 0 Å². The minimum absolute atomic E-state index is 0.0400. The topological polar surface area (TPSA) is 96.1 Å². The highest BCUT2D eigenvalue weighted by atomic mass is 16.3. The van der Waals surface area contributed by atoms with Gasteiger partial charge in [0.2, 0.25) is 0 Å². The molecule has 0 fully saturated rings. The zero-order valence-corrected chi connectivity index (χ0v) is 7.41. The second-order valence-electron chi connectivity index (χ2n) is 2.38. The highest BCUT2D eigenvalue weighted by Gasteiger charge is 2.04. The summed E-state index contributed by atoms with van der Waals surface area (Å²) in [5, 5.41) is 14.3. The predicted octanol–water partition coefficient (Wildman–Crippen LogP) is -0.495. The number of nitrogens with two attached hydrogens (primary N) is 1. The van der Waals surface area contributed by atoms with Crippen molar-refractivity contribution < 1.29 is 5.11 Å². The lowest BCUT2D eigenvalue weighted by Crippen LogP contribution is -2.11. The highest BCUT2D eigenvalue weighted by molar-refractivity contribution is 5.73. The van der Waals surface area contributed by atoms with Gasteiger partial charge in [-0.25, -0.2) is 9.97 Å². The number of hydrogen-bond donors (Lipinski definition) is 4. The van der Waals surface area contributed by atoms with E-state index in [9.17, 15) is 0 Å². The number of nitrogens with one attached hydrogen (secondary N) is 2. The van der Waals surface area contributed by atoms with Gasteiger partial charge in [0.05, 0.1) is 6.61 Å². The number of anilines is 3. The molecule has 0 aliphatic carbocycles. The van der Waals surface area contributed by atoms with Crippen LogP contribution in [0.15, 0.2) is 6.33 Å². The molecule has 0 spiro atoms. The van der Waals surface area contributed by atoms with Crippen LogP contribution in [0, 0.1) is 0 Å². The van der Waals surface area contributed by atoms with Gasteiger partial charge >= 0.3 is 0 Å². The van der Waals surface area contributed by atoms with Gasteiger partial charge in [0.15, 0.2) is 11.6 Å². The fraction of sp³-hybridized carbons (Fsp3) is 0.429. The third kappa shape index (κ3) is 2.19. The summed E-state index contributed by atoms with van der Waals surface area (Å²) in [6, 6.07) is 0. The van der Waals surface area contributed by atoms with Gasteiger partial charge in [0.25, 0.3) is 0 Å². The molecular formula is C7H13N5O. The lowest BCUT2D eigenvalue weighted by molar-refractivity contribution is 0.311. The van der Waals surface area contributed by atoms with Crippen molar-refractivity contribution in [1.82, 2.24) is 9.97 Å². The van der Waals surface area contributed by atoms with Crippen molar-refractivity contribution in [3.8, 4) is 0 Å². The van der Waals surface area contributed by atoms with Crippen LogP contribution in [0.5, 0.6) is 0 Å². The molecule has 0 saturated carbocycles. The maximum absolute atomic E-state index is 8.58. The molecule has 0 radical (unpaired) electrons. The van der Waals surface area contributed by atoms with Crippen LogP contribution in [-0.2, 0) is 0 Å². The zero-order valence-electron chi connectivity index (χ0n) is 7.41. The second-order valence-corrected chi connectivity index (χ2v) is 2.38. The molecule has 6 heteroatoms. The quantitative estimate of drug-likeness (QED) is 0.503. The summed E-state index contributed by atoms with van der Waals surface area (Å²) >= 11 is 0. The second kappa shape index (κ2) is 4.46. The van der Waals surface area contributed by atoms with Gasteiger partial charge < -0.3 is 21.5 Å². The maximum Gasteiger partial charge on any atom is 0.154 e. The van der Waals surface area contributed by atoms with Gasteiger partial charge in [-0.05, 0) is 0 Å². The summed E-state index contributed by atoms with van der Waals surface area (Å²) in [4.78, 5) is 7.84. The first-order valence-corrected chi connectivity index (χ1v) is 3.92. The van der Waals surface area contributed by atoms with Crippen molar-refractivity contribution in [3.05, 3.63) is 6.33 Å². The van der Waals surface area contributed by atoms with Crippen molar-refractivity contribution in [2.24, 2.45) is 0 Å². The van der Waals surface area contributed by atoms with Crippen LogP contribution in [0.2, 0.25) is 0 Å². The van der Waals surface area contributed by atoms with Gasteiger partial charge in [-0.15, -0.1) is 0 Å². The normalized spacial score (nSPS) is 9.69. The summed E-state index contributed by atoms with van der Waals surface area (Å²) in [6.07, 6.45) is 1.40. The number of aromatic nitrogens is 2. The van der Waals surface area contributed by atoms with E-state index in [4.69, 9.17) is 10.8 Å².